The highest BCUT2D eigenvalue weighted by Crippen LogP contribution is 2.40. The SMILES string of the molecule is NC1CCC(=O)NC1c1cc(Br)c2c(c1)OCCO2. The molecule has 2 unspecified atom stereocenters. The number of piperidine rings is 1. The maximum absolute atomic E-state index is 11.5. The third kappa shape index (κ3) is 2.42. The molecule has 2 heterocycles. The van der Waals surface area contributed by atoms with Crippen molar-refractivity contribution in [3.63, 3.8) is 0 Å². The van der Waals surface area contributed by atoms with Gasteiger partial charge in [-0.1, -0.05) is 0 Å². The molecule has 2 atom stereocenters. The molecule has 1 aromatic carbocycles. The quantitative estimate of drug-likeness (QED) is 0.820. The van der Waals surface area contributed by atoms with E-state index in [0.717, 1.165) is 10.0 Å². The van der Waals surface area contributed by atoms with E-state index >= 15 is 0 Å². The van der Waals surface area contributed by atoms with Crippen molar-refractivity contribution in [2.45, 2.75) is 24.9 Å². The molecule has 102 valence electrons. The van der Waals surface area contributed by atoms with E-state index in [4.69, 9.17) is 15.2 Å². The Bertz CT molecular complexity index is 521. The molecular formula is C13H15BrN2O3. The van der Waals surface area contributed by atoms with E-state index in [-0.39, 0.29) is 18.0 Å². The predicted octanol–water partition coefficient (Wildman–Crippen LogP) is 1.50. The highest BCUT2D eigenvalue weighted by Gasteiger charge is 2.29. The van der Waals surface area contributed by atoms with E-state index < -0.39 is 0 Å². The Morgan fingerprint density at radius 2 is 2.11 bits per heavy atom. The van der Waals surface area contributed by atoms with Crippen molar-refractivity contribution in [1.29, 1.82) is 0 Å². The van der Waals surface area contributed by atoms with Crippen LogP contribution in [0.3, 0.4) is 0 Å². The average molecular weight is 327 g/mol. The molecule has 6 heteroatoms. The molecule has 1 amide bonds. The molecule has 3 N–H and O–H groups in total. The van der Waals surface area contributed by atoms with Gasteiger partial charge in [-0.2, -0.15) is 0 Å². The van der Waals surface area contributed by atoms with Gasteiger partial charge in [0, 0.05) is 12.5 Å². The molecule has 0 saturated carbocycles. The Labute approximate surface area is 119 Å². The molecule has 3 rings (SSSR count). The molecule has 2 aliphatic heterocycles. The maximum atomic E-state index is 11.5. The summed E-state index contributed by atoms with van der Waals surface area (Å²) in [6.45, 7) is 1.08. The predicted molar refractivity (Wildman–Crippen MR) is 73.2 cm³/mol. The molecule has 0 aliphatic carbocycles. The second kappa shape index (κ2) is 5.02. The van der Waals surface area contributed by atoms with Crippen molar-refractivity contribution in [1.82, 2.24) is 5.32 Å². The van der Waals surface area contributed by atoms with Crippen LogP contribution in [0.5, 0.6) is 11.5 Å². The average Bonchev–Trinajstić information content (AvgIpc) is 2.41. The van der Waals surface area contributed by atoms with Crippen molar-refractivity contribution >= 4 is 21.8 Å². The number of halogens is 1. The zero-order chi connectivity index (χ0) is 13.4. The van der Waals surface area contributed by atoms with E-state index in [1.54, 1.807) is 0 Å². The minimum absolute atomic E-state index is 0.0395. The number of benzene rings is 1. The molecule has 19 heavy (non-hydrogen) atoms. The minimum atomic E-state index is -0.173. The van der Waals surface area contributed by atoms with Gasteiger partial charge in [0.2, 0.25) is 5.91 Å². The summed E-state index contributed by atoms with van der Waals surface area (Å²) >= 11 is 3.48. The Balaban J connectivity index is 1.96. The van der Waals surface area contributed by atoms with E-state index in [2.05, 4.69) is 21.2 Å². The fraction of sp³-hybridized carbons (Fsp3) is 0.462. The smallest absolute Gasteiger partial charge is 0.220 e. The molecule has 0 radical (unpaired) electrons. The number of rotatable bonds is 1. The van der Waals surface area contributed by atoms with Gasteiger partial charge in [0.1, 0.15) is 13.2 Å². The molecule has 1 fully saturated rings. The highest BCUT2D eigenvalue weighted by atomic mass is 79.9. The number of nitrogens with one attached hydrogen (secondary N) is 1. The largest absolute Gasteiger partial charge is 0.486 e. The second-order valence-corrected chi connectivity index (χ2v) is 5.63. The first-order valence-corrected chi connectivity index (χ1v) is 7.08. The van der Waals surface area contributed by atoms with Crippen LogP contribution in [0.15, 0.2) is 16.6 Å². The van der Waals surface area contributed by atoms with Crippen LogP contribution >= 0.6 is 15.9 Å². The molecule has 5 nitrogen and oxygen atoms in total. The Hall–Kier alpha value is -1.27. The minimum Gasteiger partial charge on any atom is -0.486 e. The van der Waals surface area contributed by atoms with Crippen molar-refractivity contribution in [2.24, 2.45) is 5.73 Å². The van der Waals surface area contributed by atoms with E-state index in [1.165, 1.54) is 0 Å². The first kappa shape index (κ1) is 12.7. The van der Waals surface area contributed by atoms with Gasteiger partial charge < -0.3 is 20.5 Å². The van der Waals surface area contributed by atoms with Crippen LogP contribution in [-0.4, -0.2) is 25.2 Å². The number of ether oxygens (including phenoxy) is 2. The number of carbonyl (C=O) groups is 1. The summed E-state index contributed by atoms with van der Waals surface area (Å²) in [5, 5.41) is 2.94. The zero-order valence-electron chi connectivity index (χ0n) is 10.3. The third-order valence-electron chi connectivity index (χ3n) is 3.43. The van der Waals surface area contributed by atoms with Gasteiger partial charge >= 0.3 is 0 Å². The fourth-order valence-corrected chi connectivity index (χ4v) is 3.03. The van der Waals surface area contributed by atoms with Gasteiger partial charge in [-0.3, -0.25) is 4.79 Å². The summed E-state index contributed by atoms with van der Waals surface area (Å²) in [6, 6.07) is 3.58. The van der Waals surface area contributed by atoms with E-state index in [0.29, 0.717) is 37.6 Å². The third-order valence-corrected chi connectivity index (χ3v) is 4.02. The molecule has 0 spiro atoms. The van der Waals surface area contributed by atoms with Crippen LogP contribution in [0.4, 0.5) is 0 Å². The van der Waals surface area contributed by atoms with Gasteiger partial charge in [-0.15, -0.1) is 0 Å². The standard InChI is InChI=1S/C13H15BrN2O3/c14-8-5-7(6-10-13(8)19-4-3-18-10)12-9(15)1-2-11(17)16-12/h5-6,9,12H,1-4,15H2,(H,16,17). The first-order valence-electron chi connectivity index (χ1n) is 6.29. The van der Waals surface area contributed by atoms with Crippen LogP contribution in [0.1, 0.15) is 24.4 Å². The van der Waals surface area contributed by atoms with Gasteiger partial charge in [0.25, 0.3) is 0 Å². The van der Waals surface area contributed by atoms with E-state index in [9.17, 15) is 4.79 Å². The fourth-order valence-electron chi connectivity index (χ4n) is 2.46. The first-order chi connectivity index (χ1) is 9.15. The topological polar surface area (TPSA) is 73.6 Å². The summed E-state index contributed by atoms with van der Waals surface area (Å²) < 4.78 is 12.0. The maximum Gasteiger partial charge on any atom is 0.220 e. The summed E-state index contributed by atoms with van der Waals surface area (Å²) in [7, 11) is 0. The van der Waals surface area contributed by atoms with Crippen molar-refractivity contribution in [3.05, 3.63) is 22.2 Å². The summed E-state index contributed by atoms with van der Waals surface area (Å²) in [5.41, 5.74) is 7.04. The van der Waals surface area contributed by atoms with Gasteiger partial charge in [-0.25, -0.2) is 0 Å². The molecular weight excluding hydrogens is 312 g/mol. The van der Waals surface area contributed by atoms with Crippen molar-refractivity contribution in [3.8, 4) is 11.5 Å². The van der Waals surface area contributed by atoms with Crippen LogP contribution < -0.4 is 20.5 Å². The molecule has 0 bridgehead atoms. The number of hydrogen-bond acceptors (Lipinski definition) is 4. The monoisotopic (exact) mass is 326 g/mol. The summed E-state index contributed by atoms with van der Waals surface area (Å²) in [6.07, 6.45) is 1.19. The summed E-state index contributed by atoms with van der Waals surface area (Å²) in [4.78, 5) is 11.5. The Morgan fingerprint density at radius 3 is 2.95 bits per heavy atom. The normalized spacial score (nSPS) is 25.9. The Morgan fingerprint density at radius 1 is 1.32 bits per heavy atom. The molecule has 2 aliphatic rings. The molecule has 1 aromatic rings. The van der Waals surface area contributed by atoms with E-state index in [1.807, 2.05) is 12.1 Å². The van der Waals surface area contributed by atoms with Crippen LogP contribution in [0, 0.1) is 0 Å². The van der Waals surface area contributed by atoms with Gasteiger partial charge in [0.05, 0.1) is 10.5 Å². The lowest BCUT2D eigenvalue weighted by Crippen LogP contribution is -2.45. The lowest BCUT2D eigenvalue weighted by Gasteiger charge is -2.31. The lowest BCUT2D eigenvalue weighted by atomic mass is 9.92. The number of hydrogen-bond donors (Lipinski definition) is 2. The van der Waals surface area contributed by atoms with Crippen molar-refractivity contribution in [2.75, 3.05) is 13.2 Å². The van der Waals surface area contributed by atoms with Gasteiger partial charge in [0.15, 0.2) is 11.5 Å². The van der Waals surface area contributed by atoms with Crippen LogP contribution in [-0.2, 0) is 4.79 Å². The second-order valence-electron chi connectivity index (χ2n) is 4.77. The Kier molecular flexibility index (Phi) is 3.36. The van der Waals surface area contributed by atoms with Crippen LogP contribution in [0.2, 0.25) is 0 Å². The molecule has 0 aromatic heterocycles. The highest BCUT2D eigenvalue weighted by molar-refractivity contribution is 9.10. The summed E-state index contributed by atoms with van der Waals surface area (Å²) in [5.74, 6) is 1.45. The van der Waals surface area contributed by atoms with Crippen molar-refractivity contribution < 1.29 is 14.3 Å². The lowest BCUT2D eigenvalue weighted by molar-refractivity contribution is -0.123. The van der Waals surface area contributed by atoms with Gasteiger partial charge in [-0.05, 0) is 40.0 Å². The number of carbonyl (C=O) groups excluding carboxylic acids is 1. The number of nitrogens with two attached hydrogens (primary N) is 1. The zero-order valence-corrected chi connectivity index (χ0v) is 11.9. The molecule has 1 saturated heterocycles. The van der Waals surface area contributed by atoms with Crippen LogP contribution in [0.25, 0.3) is 0 Å². The number of amides is 1. The number of fused-ring (bicyclic) bond motifs is 1.